The fourth-order valence-corrected chi connectivity index (χ4v) is 2.40. The van der Waals surface area contributed by atoms with Gasteiger partial charge in [0.15, 0.2) is 0 Å². The minimum absolute atomic E-state index is 0.367. The molecule has 68 valence electrons. The van der Waals surface area contributed by atoms with E-state index in [1.54, 1.807) is 11.3 Å². The average molecular weight is 276 g/mol. The van der Waals surface area contributed by atoms with Crippen molar-refractivity contribution < 1.29 is 0 Å². The zero-order valence-corrected chi connectivity index (χ0v) is 9.99. The highest BCUT2D eigenvalue weighted by Crippen LogP contribution is 2.36. The van der Waals surface area contributed by atoms with Crippen LogP contribution in [0.15, 0.2) is 35.7 Å². The van der Waals surface area contributed by atoms with Crippen LogP contribution in [0, 0.1) is 0 Å². The lowest BCUT2D eigenvalue weighted by atomic mass is 10.1. The fourth-order valence-electron chi connectivity index (χ4n) is 1.22. The van der Waals surface area contributed by atoms with Crippen LogP contribution in [-0.2, 0) is 0 Å². The third kappa shape index (κ3) is 2.25. The predicted octanol–water partition coefficient (Wildman–Crippen LogP) is 4.42. The van der Waals surface area contributed by atoms with E-state index in [2.05, 4.69) is 45.6 Å². The molecule has 0 bridgehead atoms. The van der Waals surface area contributed by atoms with E-state index in [1.165, 1.54) is 10.5 Å². The van der Waals surface area contributed by atoms with Gasteiger partial charge in [-0.15, -0.1) is 22.9 Å². The van der Waals surface area contributed by atoms with Gasteiger partial charge in [-0.2, -0.15) is 0 Å². The van der Waals surface area contributed by atoms with Gasteiger partial charge in [-0.05, 0) is 23.4 Å². The highest BCUT2D eigenvalue weighted by molar-refractivity contribution is 9.10. The SMILES string of the molecule is ClC1(Br)C=CC(c2cccs2)=CC1. The van der Waals surface area contributed by atoms with Crippen LogP contribution >= 0.6 is 38.9 Å². The molecule has 0 fully saturated rings. The third-order valence-electron chi connectivity index (χ3n) is 1.91. The number of alkyl halides is 2. The van der Waals surface area contributed by atoms with Crippen molar-refractivity contribution in [2.45, 2.75) is 10.2 Å². The Balaban J connectivity index is 2.23. The first-order valence-electron chi connectivity index (χ1n) is 3.98. The molecule has 1 aromatic rings. The van der Waals surface area contributed by atoms with Crippen molar-refractivity contribution in [3.8, 4) is 0 Å². The molecule has 0 amide bonds. The third-order valence-corrected chi connectivity index (χ3v) is 3.69. The monoisotopic (exact) mass is 274 g/mol. The molecule has 13 heavy (non-hydrogen) atoms. The minimum Gasteiger partial charge on any atom is -0.144 e. The quantitative estimate of drug-likeness (QED) is 0.666. The van der Waals surface area contributed by atoms with E-state index in [0.29, 0.717) is 0 Å². The maximum absolute atomic E-state index is 6.09. The Morgan fingerprint density at radius 3 is 2.92 bits per heavy atom. The normalized spacial score (nSPS) is 27.4. The van der Waals surface area contributed by atoms with Gasteiger partial charge >= 0.3 is 0 Å². The van der Waals surface area contributed by atoms with Gasteiger partial charge in [0.1, 0.15) is 3.78 Å². The molecule has 0 nitrogen and oxygen atoms in total. The lowest BCUT2D eigenvalue weighted by Crippen LogP contribution is -2.08. The maximum Gasteiger partial charge on any atom is 0.121 e. The maximum atomic E-state index is 6.09. The summed E-state index contributed by atoms with van der Waals surface area (Å²) < 4.78 is -0.367. The molecule has 0 aromatic carbocycles. The minimum atomic E-state index is -0.367. The number of allylic oxidation sites excluding steroid dienone is 4. The summed E-state index contributed by atoms with van der Waals surface area (Å²) in [5.41, 5.74) is 1.27. The molecule has 1 unspecified atom stereocenters. The summed E-state index contributed by atoms with van der Waals surface area (Å²) in [4.78, 5) is 1.30. The van der Waals surface area contributed by atoms with Gasteiger partial charge in [0.05, 0.1) is 0 Å². The molecule has 2 rings (SSSR count). The van der Waals surface area contributed by atoms with Crippen LogP contribution in [0.25, 0.3) is 5.57 Å². The molecule has 0 saturated heterocycles. The topological polar surface area (TPSA) is 0 Å². The molecule has 1 aliphatic rings. The second-order valence-electron chi connectivity index (χ2n) is 2.94. The first-order chi connectivity index (χ1) is 6.17. The second-order valence-corrected chi connectivity index (χ2v) is 6.43. The number of rotatable bonds is 1. The van der Waals surface area contributed by atoms with Gasteiger partial charge in [-0.3, -0.25) is 0 Å². The smallest absolute Gasteiger partial charge is 0.121 e. The molecular formula is C10H8BrClS. The van der Waals surface area contributed by atoms with Gasteiger partial charge in [0.2, 0.25) is 0 Å². The van der Waals surface area contributed by atoms with E-state index in [4.69, 9.17) is 11.6 Å². The molecule has 3 heteroatoms. The predicted molar refractivity (Wildman–Crippen MR) is 63.6 cm³/mol. The average Bonchev–Trinajstić information content (AvgIpc) is 2.56. The van der Waals surface area contributed by atoms with Crippen LogP contribution in [0.5, 0.6) is 0 Å². The Kier molecular flexibility index (Phi) is 2.63. The Morgan fingerprint density at radius 1 is 1.54 bits per heavy atom. The zero-order valence-electron chi connectivity index (χ0n) is 6.84. The Bertz CT molecular complexity index is 349. The van der Waals surface area contributed by atoms with Crippen LogP contribution in [0.1, 0.15) is 11.3 Å². The van der Waals surface area contributed by atoms with E-state index in [9.17, 15) is 0 Å². The fraction of sp³-hybridized carbons (Fsp3) is 0.200. The van der Waals surface area contributed by atoms with Crippen molar-refractivity contribution in [1.82, 2.24) is 0 Å². The van der Waals surface area contributed by atoms with E-state index in [1.807, 2.05) is 6.08 Å². The zero-order chi connectivity index (χ0) is 9.31. The summed E-state index contributed by atoms with van der Waals surface area (Å²) in [6.07, 6.45) is 7.05. The molecule has 0 saturated carbocycles. The van der Waals surface area contributed by atoms with Crippen molar-refractivity contribution in [3.63, 3.8) is 0 Å². The first kappa shape index (κ1) is 9.50. The highest BCUT2D eigenvalue weighted by Gasteiger charge is 2.21. The largest absolute Gasteiger partial charge is 0.144 e. The van der Waals surface area contributed by atoms with Gasteiger partial charge in [-0.25, -0.2) is 0 Å². The van der Waals surface area contributed by atoms with Gasteiger partial charge in [0, 0.05) is 4.88 Å². The number of hydrogen-bond donors (Lipinski definition) is 0. The number of halogens is 2. The van der Waals surface area contributed by atoms with Crippen LogP contribution < -0.4 is 0 Å². The summed E-state index contributed by atoms with van der Waals surface area (Å²) >= 11 is 11.3. The molecule has 1 aromatic heterocycles. The van der Waals surface area contributed by atoms with Gasteiger partial charge in [0.25, 0.3) is 0 Å². The number of hydrogen-bond acceptors (Lipinski definition) is 1. The molecule has 0 spiro atoms. The molecule has 1 heterocycles. The molecule has 0 aliphatic heterocycles. The van der Waals surface area contributed by atoms with E-state index < -0.39 is 0 Å². The van der Waals surface area contributed by atoms with Crippen molar-refractivity contribution in [2.75, 3.05) is 0 Å². The van der Waals surface area contributed by atoms with Crippen molar-refractivity contribution in [3.05, 3.63) is 40.6 Å². The van der Waals surface area contributed by atoms with Gasteiger partial charge in [-0.1, -0.05) is 40.2 Å². The van der Waals surface area contributed by atoms with Crippen LogP contribution in [0.3, 0.4) is 0 Å². The summed E-state index contributed by atoms with van der Waals surface area (Å²) in [7, 11) is 0. The molecule has 1 atom stereocenters. The van der Waals surface area contributed by atoms with Crippen LogP contribution in [0.2, 0.25) is 0 Å². The lowest BCUT2D eigenvalue weighted by Gasteiger charge is -2.17. The summed E-state index contributed by atoms with van der Waals surface area (Å²) in [5, 5.41) is 2.08. The van der Waals surface area contributed by atoms with Crippen LogP contribution in [-0.4, -0.2) is 3.78 Å². The summed E-state index contributed by atoms with van der Waals surface area (Å²) in [5.74, 6) is 0. The molecular weight excluding hydrogens is 268 g/mol. The van der Waals surface area contributed by atoms with Crippen molar-refractivity contribution >= 4 is 44.4 Å². The lowest BCUT2D eigenvalue weighted by molar-refractivity contribution is 0.999. The van der Waals surface area contributed by atoms with Crippen molar-refractivity contribution in [2.24, 2.45) is 0 Å². The molecule has 0 radical (unpaired) electrons. The second kappa shape index (κ2) is 3.60. The standard InChI is InChI=1S/C10H8BrClS/c11-10(12)5-3-8(4-6-10)9-2-1-7-13-9/h1-5,7H,6H2. The Hall–Kier alpha value is -0.0500. The van der Waals surface area contributed by atoms with Gasteiger partial charge < -0.3 is 0 Å². The van der Waals surface area contributed by atoms with E-state index >= 15 is 0 Å². The molecule has 1 aliphatic carbocycles. The van der Waals surface area contributed by atoms with Crippen LogP contribution in [0.4, 0.5) is 0 Å². The summed E-state index contributed by atoms with van der Waals surface area (Å²) in [6, 6.07) is 4.18. The summed E-state index contributed by atoms with van der Waals surface area (Å²) in [6.45, 7) is 0. The Labute approximate surface area is 95.0 Å². The van der Waals surface area contributed by atoms with Crippen molar-refractivity contribution in [1.29, 1.82) is 0 Å². The highest BCUT2D eigenvalue weighted by atomic mass is 79.9. The van der Waals surface area contributed by atoms with E-state index in [-0.39, 0.29) is 3.78 Å². The van der Waals surface area contributed by atoms with E-state index in [0.717, 1.165) is 6.42 Å². The molecule has 0 N–H and O–H groups in total. The number of thiophene rings is 1. The first-order valence-corrected chi connectivity index (χ1v) is 6.03. The Morgan fingerprint density at radius 2 is 2.38 bits per heavy atom.